The Kier molecular flexibility index (Phi) is 4.04. The van der Waals surface area contributed by atoms with E-state index >= 15 is 0 Å². The van der Waals surface area contributed by atoms with E-state index in [4.69, 9.17) is 4.74 Å². The number of ether oxygens (including phenoxy) is 1. The van der Waals surface area contributed by atoms with Gasteiger partial charge in [0.15, 0.2) is 0 Å². The maximum atomic E-state index is 5.96. The maximum absolute atomic E-state index is 5.96. The second-order valence-corrected chi connectivity index (χ2v) is 8.13. The molecule has 1 heteroatoms. The first-order chi connectivity index (χ1) is 11.2. The third-order valence-electron chi connectivity index (χ3n) is 7.68. The summed E-state index contributed by atoms with van der Waals surface area (Å²) < 4.78 is 5.96. The first-order valence-corrected chi connectivity index (χ1v) is 9.79. The molecule has 1 nitrogen and oxygen atoms in total. The van der Waals surface area contributed by atoms with E-state index in [0.717, 1.165) is 24.2 Å². The number of hydrogen-bond acceptors (Lipinski definition) is 1. The summed E-state index contributed by atoms with van der Waals surface area (Å²) in [6.45, 7) is 4.66. The maximum Gasteiger partial charge on any atom is 0.0630 e. The van der Waals surface area contributed by atoms with Crippen molar-refractivity contribution >= 4 is 0 Å². The Bertz CT molecular complexity index is 577. The Morgan fingerprint density at radius 2 is 2.09 bits per heavy atom. The summed E-state index contributed by atoms with van der Waals surface area (Å²) in [7, 11) is 1.94. The fourth-order valence-corrected chi connectivity index (χ4v) is 6.53. The Labute approximate surface area is 141 Å². The van der Waals surface area contributed by atoms with Crippen LogP contribution in [0.3, 0.4) is 0 Å². The number of rotatable bonds is 3. The normalized spacial score (nSPS) is 38.7. The van der Waals surface area contributed by atoms with Crippen LogP contribution in [-0.2, 0) is 17.6 Å². The molecule has 0 N–H and O–H groups in total. The van der Waals surface area contributed by atoms with E-state index in [1.807, 2.05) is 7.11 Å². The van der Waals surface area contributed by atoms with Gasteiger partial charge in [0.05, 0.1) is 6.10 Å². The molecule has 4 rings (SSSR count). The fourth-order valence-electron chi connectivity index (χ4n) is 6.53. The number of methoxy groups -OCH3 is 1. The van der Waals surface area contributed by atoms with Crippen molar-refractivity contribution in [1.82, 2.24) is 0 Å². The summed E-state index contributed by atoms with van der Waals surface area (Å²) in [5.41, 5.74) is 5.15. The molecule has 0 aromatic heterocycles. The number of benzene rings is 1. The highest BCUT2D eigenvalue weighted by atomic mass is 16.5. The molecule has 23 heavy (non-hydrogen) atoms. The molecule has 5 atom stereocenters. The summed E-state index contributed by atoms with van der Waals surface area (Å²) in [4.78, 5) is 0. The largest absolute Gasteiger partial charge is 0.381 e. The van der Waals surface area contributed by atoms with Gasteiger partial charge in [-0.25, -0.2) is 0 Å². The average molecular weight is 311 g/mol. The zero-order valence-corrected chi connectivity index (χ0v) is 15.0. The quantitative estimate of drug-likeness (QED) is 0.735. The van der Waals surface area contributed by atoms with Crippen molar-refractivity contribution in [3.05, 3.63) is 34.9 Å². The van der Waals surface area contributed by atoms with Gasteiger partial charge in [-0.2, -0.15) is 0 Å². The number of aryl methyl sites for hydroxylation is 2. The first-order valence-electron chi connectivity index (χ1n) is 9.79. The molecule has 0 bridgehead atoms. The van der Waals surface area contributed by atoms with Gasteiger partial charge in [0.2, 0.25) is 0 Å². The summed E-state index contributed by atoms with van der Waals surface area (Å²) in [6.07, 6.45) is 11.0. The van der Waals surface area contributed by atoms with Crippen molar-refractivity contribution in [3.63, 3.8) is 0 Å². The molecular formula is C22H31O. The zero-order valence-electron chi connectivity index (χ0n) is 15.0. The summed E-state index contributed by atoms with van der Waals surface area (Å²) in [6, 6.07) is 8.30. The zero-order chi connectivity index (χ0) is 16.0. The molecule has 3 aliphatic rings. The SMILES string of the molecule is CCc1[c]cc2c(c1)[C@H]1CC[C@]3(CC)[C@@H](OC)CC[C@H]3[C@@H]1CC2. The molecule has 1 aromatic rings. The van der Waals surface area contributed by atoms with Gasteiger partial charge < -0.3 is 4.74 Å². The van der Waals surface area contributed by atoms with Gasteiger partial charge in [0.25, 0.3) is 0 Å². The summed E-state index contributed by atoms with van der Waals surface area (Å²) >= 11 is 0. The summed E-state index contributed by atoms with van der Waals surface area (Å²) in [5.74, 6) is 2.58. The third kappa shape index (κ3) is 2.22. The van der Waals surface area contributed by atoms with Crippen LogP contribution >= 0.6 is 0 Å². The molecule has 0 saturated heterocycles. The van der Waals surface area contributed by atoms with E-state index in [0.29, 0.717) is 11.5 Å². The highest BCUT2D eigenvalue weighted by Crippen LogP contribution is 2.62. The van der Waals surface area contributed by atoms with Crippen molar-refractivity contribution in [1.29, 1.82) is 0 Å². The van der Waals surface area contributed by atoms with Crippen LogP contribution in [0.5, 0.6) is 0 Å². The van der Waals surface area contributed by atoms with E-state index in [-0.39, 0.29) is 0 Å². The van der Waals surface area contributed by atoms with Crippen molar-refractivity contribution in [2.45, 2.75) is 77.2 Å². The minimum absolute atomic E-state index is 0.474. The highest BCUT2D eigenvalue weighted by Gasteiger charge is 2.56. The lowest BCUT2D eigenvalue weighted by Crippen LogP contribution is -2.46. The topological polar surface area (TPSA) is 9.23 Å². The van der Waals surface area contributed by atoms with Gasteiger partial charge in [-0.1, -0.05) is 26.0 Å². The van der Waals surface area contributed by atoms with Crippen LogP contribution in [0, 0.1) is 23.3 Å². The second kappa shape index (κ2) is 5.92. The molecule has 0 heterocycles. The van der Waals surface area contributed by atoms with Gasteiger partial charge in [-0.05, 0) is 97.3 Å². The minimum Gasteiger partial charge on any atom is -0.381 e. The van der Waals surface area contributed by atoms with Gasteiger partial charge in [-0.3, -0.25) is 0 Å². The van der Waals surface area contributed by atoms with E-state index in [2.05, 4.69) is 32.0 Å². The second-order valence-electron chi connectivity index (χ2n) is 8.13. The monoisotopic (exact) mass is 311 g/mol. The van der Waals surface area contributed by atoms with E-state index < -0.39 is 0 Å². The van der Waals surface area contributed by atoms with Crippen molar-refractivity contribution in [2.75, 3.05) is 7.11 Å². The Balaban J connectivity index is 1.69. The number of fused-ring (bicyclic) bond motifs is 5. The molecular weight excluding hydrogens is 280 g/mol. The van der Waals surface area contributed by atoms with Crippen molar-refractivity contribution in [2.24, 2.45) is 17.3 Å². The molecule has 1 aromatic carbocycles. The standard InChI is InChI=1S/C22H31O/c1-4-15-6-7-16-8-9-18-17(19(16)14-15)12-13-22(5-2)20(18)10-11-21(22)23-3/h7,14,17-18,20-21H,4-5,8-13H2,1-3H3/t17-,18+,20-,21-,22-/m0/s1. The summed E-state index contributed by atoms with van der Waals surface area (Å²) in [5, 5.41) is 0. The van der Waals surface area contributed by atoms with Crippen LogP contribution in [0.4, 0.5) is 0 Å². The van der Waals surface area contributed by atoms with Crippen LogP contribution in [0.15, 0.2) is 12.1 Å². The molecule has 2 fully saturated rings. The van der Waals surface area contributed by atoms with E-state index in [1.54, 1.807) is 11.1 Å². The molecule has 3 aliphatic carbocycles. The molecule has 1 radical (unpaired) electrons. The Morgan fingerprint density at radius 1 is 1.22 bits per heavy atom. The lowest BCUT2D eigenvalue weighted by Gasteiger charge is -2.52. The van der Waals surface area contributed by atoms with Gasteiger partial charge in [0, 0.05) is 7.11 Å². The highest BCUT2D eigenvalue weighted by molar-refractivity contribution is 5.38. The first kappa shape index (κ1) is 15.7. The van der Waals surface area contributed by atoms with E-state index in [1.165, 1.54) is 50.5 Å². The Hall–Kier alpha value is -0.820. The van der Waals surface area contributed by atoms with Gasteiger partial charge in [-0.15, -0.1) is 0 Å². The van der Waals surface area contributed by atoms with Crippen LogP contribution in [0.1, 0.15) is 75.0 Å². The molecule has 125 valence electrons. The molecule has 0 aliphatic heterocycles. The predicted octanol–water partition coefficient (Wildman–Crippen LogP) is 5.31. The van der Waals surface area contributed by atoms with Crippen LogP contribution in [0.2, 0.25) is 0 Å². The fraction of sp³-hybridized carbons (Fsp3) is 0.727. The average Bonchev–Trinajstić information content (AvgIpc) is 3.00. The number of hydrogen-bond donors (Lipinski definition) is 0. The molecule has 2 saturated carbocycles. The van der Waals surface area contributed by atoms with Crippen LogP contribution < -0.4 is 0 Å². The molecule has 0 spiro atoms. The molecule has 0 unspecified atom stereocenters. The predicted molar refractivity (Wildman–Crippen MR) is 94.7 cm³/mol. The Morgan fingerprint density at radius 3 is 2.83 bits per heavy atom. The lowest BCUT2D eigenvalue weighted by molar-refractivity contribution is -0.0592. The molecule has 0 amide bonds. The van der Waals surface area contributed by atoms with Crippen LogP contribution in [-0.4, -0.2) is 13.2 Å². The smallest absolute Gasteiger partial charge is 0.0630 e. The van der Waals surface area contributed by atoms with Gasteiger partial charge in [0.1, 0.15) is 0 Å². The van der Waals surface area contributed by atoms with Gasteiger partial charge >= 0.3 is 0 Å². The van der Waals surface area contributed by atoms with Crippen molar-refractivity contribution < 1.29 is 4.74 Å². The lowest BCUT2D eigenvalue weighted by atomic mass is 9.54. The van der Waals surface area contributed by atoms with E-state index in [9.17, 15) is 0 Å². The van der Waals surface area contributed by atoms with Crippen LogP contribution in [0.25, 0.3) is 0 Å². The third-order valence-corrected chi connectivity index (χ3v) is 7.68. The minimum atomic E-state index is 0.474. The van der Waals surface area contributed by atoms with Crippen molar-refractivity contribution in [3.8, 4) is 0 Å².